The molecule has 0 aromatic rings. The van der Waals surface area contributed by atoms with Crippen LogP contribution < -0.4 is 0 Å². The summed E-state index contributed by atoms with van der Waals surface area (Å²) in [5, 5.41) is 0. The monoisotopic (exact) mass is 723 g/mol. The second-order valence-corrected chi connectivity index (χ2v) is 15.8. The van der Waals surface area contributed by atoms with Gasteiger partial charge >= 0.3 is 17.9 Å². The van der Waals surface area contributed by atoms with Crippen molar-refractivity contribution in [3.8, 4) is 0 Å². The molecule has 302 valence electrons. The highest BCUT2D eigenvalue weighted by Crippen LogP contribution is 2.16. The fraction of sp³-hybridized carbons (Fsp3) is 0.933. The Labute approximate surface area is 317 Å². The van der Waals surface area contributed by atoms with Gasteiger partial charge in [-0.3, -0.25) is 14.4 Å². The molecule has 0 aromatic carbocycles. The molecule has 0 aliphatic rings. The van der Waals surface area contributed by atoms with Gasteiger partial charge in [0.05, 0.1) is 0 Å². The average molecular weight is 723 g/mol. The first kappa shape index (κ1) is 49.4. The number of rotatable bonds is 40. The Morgan fingerprint density at radius 2 is 0.647 bits per heavy atom. The van der Waals surface area contributed by atoms with Gasteiger partial charge in [0.2, 0.25) is 0 Å². The third kappa shape index (κ3) is 39.5. The van der Waals surface area contributed by atoms with Crippen LogP contribution in [-0.2, 0) is 28.6 Å². The van der Waals surface area contributed by atoms with Crippen molar-refractivity contribution in [3.05, 3.63) is 0 Å². The quantitative estimate of drug-likeness (QED) is 0.0356. The Morgan fingerprint density at radius 1 is 0.373 bits per heavy atom. The normalized spacial score (nSPS) is 11.9. The predicted molar refractivity (Wildman–Crippen MR) is 215 cm³/mol. The first-order chi connectivity index (χ1) is 24.9. The summed E-state index contributed by atoms with van der Waals surface area (Å²) in [4.78, 5) is 37.6. The lowest BCUT2D eigenvalue weighted by Gasteiger charge is -2.18. The van der Waals surface area contributed by atoms with Gasteiger partial charge < -0.3 is 14.2 Å². The summed E-state index contributed by atoms with van der Waals surface area (Å²) in [6.45, 7) is 8.96. The molecule has 0 radical (unpaired) electrons. The van der Waals surface area contributed by atoms with Crippen molar-refractivity contribution in [2.45, 2.75) is 252 Å². The molecule has 0 spiro atoms. The molecular formula is C45H86O6. The molecule has 0 bridgehead atoms. The molecule has 0 aromatic heterocycles. The standard InChI is InChI=1S/C45H86O6/c1-5-7-9-11-13-19-24-28-32-36-43(46)49-39-42(51-45(48)38-34-30-26-20-14-12-10-8-6-2)40-50-44(47)37-33-29-25-22-18-16-15-17-21-23-27-31-35-41(3)4/h41-42H,5-40H2,1-4H3/t42-/m1/s1. The van der Waals surface area contributed by atoms with Gasteiger partial charge in [-0.25, -0.2) is 0 Å². The van der Waals surface area contributed by atoms with E-state index in [-0.39, 0.29) is 31.1 Å². The highest BCUT2D eigenvalue weighted by atomic mass is 16.6. The van der Waals surface area contributed by atoms with Crippen LogP contribution in [0.25, 0.3) is 0 Å². The second-order valence-electron chi connectivity index (χ2n) is 15.8. The minimum absolute atomic E-state index is 0.0641. The van der Waals surface area contributed by atoms with Gasteiger partial charge in [0, 0.05) is 19.3 Å². The number of esters is 3. The minimum atomic E-state index is -0.757. The molecule has 0 N–H and O–H groups in total. The topological polar surface area (TPSA) is 78.9 Å². The summed E-state index contributed by atoms with van der Waals surface area (Å²) >= 11 is 0. The van der Waals surface area contributed by atoms with Gasteiger partial charge in [-0.15, -0.1) is 0 Å². The molecule has 51 heavy (non-hydrogen) atoms. The van der Waals surface area contributed by atoms with E-state index in [9.17, 15) is 14.4 Å². The van der Waals surface area contributed by atoms with Crippen LogP contribution >= 0.6 is 0 Å². The van der Waals surface area contributed by atoms with E-state index in [0.29, 0.717) is 19.3 Å². The van der Waals surface area contributed by atoms with Crippen LogP contribution in [0.15, 0.2) is 0 Å². The van der Waals surface area contributed by atoms with Gasteiger partial charge in [-0.2, -0.15) is 0 Å². The second kappa shape index (κ2) is 39.6. The zero-order valence-electron chi connectivity index (χ0n) is 34.6. The van der Waals surface area contributed by atoms with Crippen LogP contribution in [0.5, 0.6) is 0 Å². The maximum Gasteiger partial charge on any atom is 0.306 e. The molecule has 6 nitrogen and oxygen atoms in total. The summed E-state index contributed by atoms with van der Waals surface area (Å²) in [5.41, 5.74) is 0. The zero-order chi connectivity index (χ0) is 37.5. The van der Waals surface area contributed by atoms with E-state index < -0.39 is 6.10 Å². The van der Waals surface area contributed by atoms with Gasteiger partial charge in [0.15, 0.2) is 6.10 Å². The number of carbonyl (C=O) groups is 3. The smallest absolute Gasteiger partial charge is 0.306 e. The van der Waals surface area contributed by atoms with Crippen molar-refractivity contribution in [2.24, 2.45) is 5.92 Å². The molecule has 0 fully saturated rings. The molecule has 0 aliphatic heterocycles. The average Bonchev–Trinajstić information content (AvgIpc) is 3.11. The van der Waals surface area contributed by atoms with Crippen LogP contribution in [0.1, 0.15) is 246 Å². The van der Waals surface area contributed by atoms with E-state index in [1.807, 2.05) is 0 Å². The molecule has 0 aliphatic carbocycles. The van der Waals surface area contributed by atoms with Crippen molar-refractivity contribution in [3.63, 3.8) is 0 Å². The van der Waals surface area contributed by atoms with Crippen molar-refractivity contribution >= 4 is 17.9 Å². The van der Waals surface area contributed by atoms with Gasteiger partial charge in [-0.05, 0) is 25.2 Å². The SMILES string of the molecule is CCCCCCCCCCCC(=O)OC[C@H](COC(=O)CCCCCCCCCCCCCCC(C)C)OC(=O)CCCCCCCCCCC. The summed E-state index contributed by atoms with van der Waals surface area (Å²) in [6, 6.07) is 0. The van der Waals surface area contributed by atoms with Gasteiger partial charge in [0.25, 0.3) is 0 Å². The molecule has 0 saturated heterocycles. The fourth-order valence-corrected chi connectivity index (χ4v) is 6.63. The van der Waals surface area contributed by atoms with Crippen molar-refractivity contribution in [1.29, 1.82) is 0 Å². The van der Waals surface area contributed by atoms with Crippen molar-refractivity contribution in [2.75, 3.05) is 13.2 Å². The molecule has 0 amide bonds. The lowest BCUT2D eigenvalue weighted by molar-refractivity contribution is -0.167. The Kier molecular flexibility index (Phi) is 38.4. The number of hydrogen-bond acceptors (Lipinski definition) is 6. The van der Waals surface area contributed by atoms with Crippen LogP contribution in [-0.4, -0.2) is 37.2 Å². The lowest BCUT2D eigenvalue weighted by atomic mass is 10.0. The minimum Gasteiger partial charge on any atom is -0.462 e. The van der Waals surface area contributed by atoms with E-state index in [1.54, 1.807) is 0 Å². The van der Waals surface area contributed by atoms with E-state index in [2.05, 4.69) is 27.7 Å². The number of hydrogen-bond donors (Lipinski definition) is 0. The zero-order valence-corrected chi connectivity index (χ0v) is 34.6. The maximum atomic E-state index is 12.6. The lowest BCUT2D eigenvalue weighted by Crippen LogP contribution is -2.30. The van der Waals surface area contributed by atoms with Gasteiger partial charge in [-0.1, -0.05) is 207 Å². The summed E-state index contributed by atoms with van der Waals surface area (Å²) in [5.74, 6) is -0.0261. The van der Waals surface area contributed by atoms with E-state index in [4.69, 9.17) is 14.2 Å². The van der Waals surface area contributed by atoms with Crippen LogP contribution in [0.3, 0.4) is 0 Å². The summed E-state index contributed by atoms with van der Waals surface area (Å²) in [6.07, 6.45) is 38.0. The number of carbonyl (C=O) groups excluding carboxylic acids is 3. The molecular weight excluding hydrogens is 636 g/mol. The number of ether oxygens (including phenoxy) is 3. The molecule has 1 atom stereocenters. The van der Waals surface area contributed by atoms with Crippen LogP contribution in [0.4, 0.5) is 0 Å². The first-order valence-electron chi connectivity index (χ1n) is 22.4. The summed E-state index contributed by atoms with van der Waals surface area (Å²) in [7, 11) is 0. The Bertz CT molecular complexity index is 766. The number of unbranched alkanes of at least 4 members (excludes halogenated alkanes) is 27. The van der Waals surface area contributed by atoms with E-state index >= 15 is 0 Å². The maximum absolute atomic E-state index is 12.6. The summed E-state index contributed by atoms with van der Waals surface area (Å²) < 4.78 is 16.7. The predicted octanol–water partition coefficient (Wildman–Crippen LogP) is 13.9. The largest absolute Gasteiger partial charge is 0.462 e. The van der Waals surface area contributed by atoms with Crippen molar-refractivity contribution in [1.82, 2.24) is 0 Å². The third-order valence-corrected chi connectivity index (χ3v) is 10.0. The molecule has 0 rings (SSSR count). The Hall–Kier alpha value is -1.59. The Balaban J connectivity index is 4.26. The van der Waals surface area contributed by atoms with E-state index in [1.165, 1.54) is 141 Å². The molecule has 0 saturated carbocycles. The fourth-order valence-electron chi connectivity index (χ4n) is 6.63. The highest BCUT2D eigenvalue weighted by molar-refractivity contribution is 5.71. The Morgan fingerprint density at radius 3 is 0.961 bits per heavy atom. The van der Waals surface area contributed by atoms with Crippen LogP contribution in [0, 0.1) is 5.92 Å². The molecule has 0 unspecified atom stereocenters. The molecule has 6 heteroatoms. The van der Waals surface area contributed by atoms with Crippen molar-refractivity contribution < 1.29 is 28.6 Å². The molecule has 0 heterocycles. The first-order valence-corrected chi connectivity index (χ1v) is 22.4. The van der Waals surface area contributed by atoms with E-state index in [0.717, 1.165) is 63.7 Å². The highest BCUT2D eigenvalue weighted by Gasteiger charge is 2.19. The van der Waals surface area contributed by atoms with Gasteiger partial charge in [0.1, 0.15) is 13.2 Å². The third-order valence-electron chi connectivity index (χ3n) is 10.0. The van der Waals surface area contributed by atoms with Crippen LogP contribution in [0.2, 0.25) is 0 Å².